The van der Waals surface area contributed by atoms with E-state index in [9.17, 15) is 9.59 Å². The highest BCUT2D eigenvalue weighted by Gasteiger charge is 2.38. The lowest BCUT2D eigenvalue weighted by Gasteiger charge is -2.30. The van der Waals surface area contributed by atoms with Crippen LogP contribution in [-0.4, -0.2) is 59.9 Å². The molecule has 3 rings (SSSR count). The van der Waals surface area contributed by atoms with Gasteiger partial charge in [-0.15, -0.1) is 0 Å². The maximum absolute atomic E-state index is 12.8. The summed E-state index contributed by atoms with van der Waals surface area (Å²) in [6.07, 6.45) is 1.19. The summed E-state index contributed by atoms with van der Waals surface area (Å²) in [5.74, 6) is 2.21. The standard InChI is InChI=1S/C18H25N3O2S/c1-2-20(17(22)12-14-13-24-11-9-19-14)16-8-10-21(18(16)23)15-6-4-3-5-7-15/h3-7,14,16,19H,2,8-13H2,1H3. The Kier molecular flexibility index (Phi) is 5.79. The smallest absolute Gasteiger partial charge is 0.249 e. The van der Waals surface area contributed by atoms with Crippen LogP contribution in [0.1, 0.15) is 19.8 Å². The molecular weight excluding hydrogens is 322 g/mol. The number of rotatable bonds is 5. The number of hydrogen-bond acceptors (Lipinski definition) is 4. The lowest BCUT2D eigenvalue weighted by atomic mass is 10.1. The van der Waals surface area contributed by atoms with Crippen molar-refractivity contribution in [1.29, 1.82) is 0 Å². The molecule has 2 unspecified atom stereocenters. The molecule has 0 saturated carbocycles. The fourth-order valence-electron chi connectivity index (χ4n) is 3.47. The summed E-state index contributed by atoms with van der Waals surface area (Å²) >= 11 is 1.89. The molecule has 2 saturated heterocycles. The first-order valence-corrected chi connectivity index (χ1v) is 9.83. The zero-order chi connectivity index (χ0) is 16.9. The topological polar surface area (TPSA) is 52.7 Å². The number of benzene rings is 1. The average molecular weight is 347 g/mol. The van der Waals surface area contributed by atoms with Crippen LogP contribution in [0.5, 0.6) is 0 Å². The number of carbonyl (C=O) groups is 2. The number of thioether (sulfide) groups is 1. The number of hydrogen-bond donors (Lipinski definition) is 1. The summed E-state index contributed by atoms with van der Waals surface area (Å²) in [5.41, 5.74) is 0.916. The van der Waals surface area contributed by atoms with Crippen molar-refractivity contribution in [1.82, 2.24) is 10.2 Å². The second-order valence-electron chi connectivity index (χ2n) is 6.24. The molecule has 24 heavy (non-hydrogen) atoms. The Labute approximate surface area is 147 Å². The largest absolute Gasteiger partial charge is 0.331 e. The van der Waals surface area contributed by atoms with Gasteiger partial charge in [-0.3, -0.25) is 9.59 Å². The van der Waals surface area contributed by atoms with Crippen LogP contribution in [0, 0.1) is 0 Å². The minimum absolute atomic E-state index is 0.0439. The molecule has 0 radical (unpaired) electrons. The van der Waals surface area contributed by atoms with Gasteiger partial charge in [0.1, 0.15) is 6.04 Å². The molecule has 6 heteroatoms. The molecule has 2 fully saturated rings. The van der Waals surface area contributed by atoms with Crippen molar-refractivity contribution >= 4 is 29.3 Å². The quantitative estimate of drug-likeness (QED) is 0.881. The van der Waals surface area contributed by atoms with Crippen molar-refractivity contribution in [2.75, 3.05) is 36.0 Å². The third kappa shape index (κ3) is 3.75. The number of para-hydroxylation sites is 1. The third-order valence-electron chi connectivity index (χ3n) is 4.70. The third-order valence-corrected chi connectivity index (χ3v) is 5.83. The summed E-state index contributed by atoms with van der Waals surface area (Å²) in [6.45, 7) is 4.17. The van der Waals surface area contributed by atoms with E-state index in [1.807, 2.05) is 49.0 Å². The lowest BCUT2D eigenvalue weighted by molar-refractivity contribution is -0.138. The van der Waals surface area contributed by atoms with Crippen LogP contribution >= 0.6 is 11.8 Å². The Hall–Kier alpha value is -1.53. The number of amides is 2. The minimum atomic E-state index is -0.320. The van der Waals surface area contributed by atoms with E-state index in [1.54, 1.807) is 9.80 Å². The van der Waals surface area contributed by atoms with Crippen LogP contribution in [0.25, 0.3) is 0 Å². The first-order valence-electron chi connectivity index (χ1n) is 8.67. The minimum Gasteiger partial charge on any atom is -0.331 e. The van der Waals surface area contributed by atoms with Crippen molar-refractivity contribution in [2.24, 2.45) is 0 Å². The molecule has 0 aromatic heterocycles. The van der Waals surface area contributed by atoms with Gasteiger partial charge >= 0.3 is 0 Å². The van der Waals surface area contributed by atoms with Crippen LogP contribution in [0.4, 0.5) is 5.69 Å². The van der Waals surface area contributed by atoms with E-state index in [4.69, 9.17) is 0 Å². The monoisotopic (exact) mass is 347 g/mol. The Bertz CT molecular complexity index is 575. The molecule has 130 valence electrons. The first kappa shape index (κ1) is 17.3. The van der Waals surface area contributed by atoms with Gasteiger partial charge in [-0.25, -0.2) is 0 Å². The number of nitrogens with one attached hydrogen (secondary N) is 1. The Morgan fingerprint density at radius 3 is 2.83 bits per heavy atom. The van der Waals surface area contributed by atoms with E-state index >= 15 is 0 Å². The fourth-order valence-corrected chi connectivity index (χ4v) is 4.42. The normalized spacial score (nSPS) is 24.2. The average Bonchev–Trinajstić information content (AvgIpc) is 2.99. The Morgan fingerprint density at radius 2 is 2.17 bits per heavy atom. The predicted molar refractivity (Wildman–Crippen MR) is 98.3 cm³/mol. The number of carbonyl (C=O) groups excluding carboxylic acids is 2. The van der Waals surface area contributed by atoms with Gasteiger partial charge in [-0.05, 0) is 25.5 Å². The van der Waals surface area contributed by atoms with Crippen LogP contribution < -0.4 is 10.2 Å². The molecule has 0 spiro atoms. The molecule has 2 atom stereocenters. The van der Waals surface area contributed by atoms with Gasteiger partial charge in [0, 0.05) is 49.3 Å². The molecule has 2 heterocycles. The van der Waals surface area contributed by atoms with Crippen LogP contribution in [0.2, 0.25) is 0 Å². The van der Waals surface area contributed by atoms with Crippen molar-refractivity contribution < 1.29 is 9.59 Å². The van der Waals surface area contributed by atoms with Gasteiger partial charge < -0.3 is 15.1 Å². The second kappa shape index (κ2) is 8.03. The highest BCUT2D eigenvalue weighted by atomic mass is 32.2. The van der Waals surface area contributed by atoms with Crippen molar-refractivity contribution in [3.63, 3.8) is 0 Å². The second-order valence-corrected chi connectivity index (χ2v) is 7.39. The first-order chi connectivity index (χ1) is 11.7. The highest BCUT2D eigenvalue weighted by Crippen LogP contribution is 2.25. The molecule has 0 aliphatic carbocycles. The van der Waals surface area contributed by atoms with E-state index in [2.05, 4.69) is 5.32 Å². The highest BCUT2D eigenvalue weighted by molar-refractivity contribution is 7.99. The molecule has 1 aromatic carbocycles. The van der Waals surface area contributed by atoms with E-state index < -0.39 is 0 Å². The lowest BCUT2D eigenvalue weighted by Crippen LogP contribution is -2.48. The zero-order valence-corrected chi connectivity index (χ0v) is 14.9. The summed E-state index contributed by atoms with van der Waals surface area (Å²) in [7, 11) is 0. The molecule has 1 N–H and O–H groups in total. The van der Waals surface area contributed by atoms with Gasteiger partial charge in [-0.1, -0.05) is 18.2 Å². The van der Waals surface area contributed by atoms with E-state index in [0.29, 0.717) is 25.9 Å². The van der Waals surface area contributed by atoms with Crippen LogP contribution in [0.3, 0.4) is 0 Å². The Balaban J connectivity index is 1.65. The SMILES string of the molecule is CCN(C(=O)CC1CSCCN1)C1CCN(c2ccccc2)C1=O. The molecular formula is C18H25N3O2S. The molecule has 2 aliphatic rings. The van der Waals surface area contributed by atoms with Crippen molar-refractivity contribution in [3.05, 3.63) is 30.3 Å². The number of anilines is 1. The fraction of sp³-hybridized carbons (Fsp3) is 0.556. The van der Waals surface area contributed by atoms with Crippen molar-refractivity contribution in [3.8, 4) is 0 Å². The van der Waals surface area contributed by atoms with Gasteiger partial charge in [0.25, 0.3) is 0 Å². The summed E-state index contributed by atoms with van der Waals surface area (Å²) in [4.78, 5) is 29.1. The summed E-state index contributed by atoms with van der Waals surface area (Å²) in [6, 6.07) is 9.61. The molecule has 5 nitrogen and oxygen atoms in total. The van der Waals surface area contributed by atoms with E-state index in [-0.39, 0.29) is 23.9 Å². The van der Waals surface area contributed by atoms with Gasteiger partial charge in [-0.2, -0.15) is 11.8 Å². The van der Waals surface area contributed by atoms with Crippen LogP contribution in [0.15, 0.2) is 30.3 Å². The van der Waals surface area contributed by atoms with Crippen molar-refractivity contribution in [2.45, 2.75) is 31.8 Å². The maximum atomic E-state index is 12.8. The molecule has 2 amide bonds. The van der Waals surface area contributed by atoms with Gasteiger partial charge in [0.15, 0.2) is 0 Å². The number of nitrogens with zero attached hydrogens (tertiary/aromatic N) is 2. The maximum Gasteiger partial charge on any atom is 0.249 e. The van der Waals surface area contributed by atoms with E-state index in [1.165, 1.54) is 0 Å². The summed E-state index contributed by atoms with van der Waals surface area (Å²) < 4.78 is 0. The molecule has 1 aromatic rings. The summed E-state index contributed by atoms with van der Waals surface area (Å²) in [5, 5.41) is 3.40. The number of likely N-dealkylation sites (N-methyl/N-ethyl adjacent to an activating group) is 1. The van der Waals surface area contributed by atoms with Gasteiger partial charge in [0.2, 0.25) is 11.8 Å². The predicted octanol–water partition coefficient (Wildman–Crippen LogP) is 1.74. The molecule has 0 bridgehead atoms. The van der Waals surface area contributed by atoms with E-state index in [0.717, 1.165) is 23.7 Å². The zero-order valence-electron chi connectivity index (χ0n) is 14.1. The molecule has 2 aliphatic heterocycles. The van der Waals surface area contributed by atoms with Gasteiger partial charge in [0.05, 0.1) is 0 Å². The van der Waals surface area contributed by atoms with Crippen LogP contribution in [-0.2, 0) is 9.59 Å². The Morgan fingerprint density at radius 1 is 1.38 bits per heavy atom.